The maximum atomic E-state index is 12.4. The number of halogens is 1. The van der Waals surface area contributed by atoms with Crippen LogP contribution in [0.3, 0.4) is 0 Å². The lowest BCUT2D eigenvalue weighted by Crippen LogP contribution is -2.33. The summed E-state index contributed by atoms with van der Waals surface area (Å²) in [4.78, 5) is 30.5. The Morgan fingerprint density at radius 2 is 2.17 bits per heavy atom. The number of carbonyl (C=O) groups excluding carboxylic acids is 1. The number of thiophene rings is 1. The van der Waals surface area contributed by atoms with E-state index in [1.807, 2.05) is 19.1 Å². The molecule has 0 radical (unpaired) electrons. The molecule has 0 aliphatic heterocycles. The lowest BCUT2D eigenvalue weighted by atomic mass is 10.1. The number of nitrogens with zero attached hydrogens (tertiary/aromatic N) is 2. The minimum absolute atomic E-state index is 0.0913. The summed E-state index contributed by atoms with van der Waals surface area (Å²) in [7, 11) is 0. The summed E-state index contributed by atoms with van der Waals surface area (Å²) in [5, 5.41) is 1.04. The largest absolute Gasteiger partial charge is 0.280 e. The average molecular weight is 348 g/mol. The Balaban J connectivity index is 1.84. The van der Waals surface area contributed by atoms with E-state index < -0.39 is 0 Å². The van der Waals surface area contributed by atoms with Gasteiger partial charge < -0.3 is 0 Å². The topological polar surface area (TPSA) is 64.0 Å². The van der Waals surface area contributed by atoms with Crippen LogP contribution in [0.5, 0.6) is 0 Å². The first kappa shape index (κ1) is 15.7. The second kappa shape index (κ2) is 6.52. The normalized spacial score (nSPS) is 10.9. The van der Waals surface area contributed by atoms with Gasteiger partial charge >= 0.3 is 0 Å². The standard InChI is InChI=1S/C16H14ClN3O2S/c1-2-11-8-12-15(23-11)18-9-20(16(12)22)19-14(21)7-10-5-3-4-6-13(10)17/h3-6,8-9H,2,7H2,1H3,(H,19,21). The number of aryl methyl sites for hydroxylation is 1. The number of amides is 1. The molecule has 3 rings (SSSR count). The van der Waals surface area contributed by atoms with E-state index in [1.54, 1.807) is 18.2 Å². The maximum absolute atomic E-state index is 12.4. The summed E-state index contributed by atoms with van der Waals surface area (Å²) in [5.41, 5.74) is 2.98. The van der Waals surface area contributed by atoms with Crippen LogP contribution in [0.2, 0.25) is 5.02 Å². The van der Waals surface area contributed by atoms with E-state index in [1.165, 1.54) is 17.7 Å². The van der Waals surface area contributed by atoms with Crippen molar-refractivity contribution in [2.75, 3.05) is 5.43 Å². The van der Waals surface area contributed by atoms with Gasteiger partial charge in [-0.1, -0.05) is 36.7 Å². The van der Waals surface area contributed by atoms with Crippen LogP contribution in [-0.2, 0) is 17.6 Å². The van der Waals surface area contributed by atoms with Gasteiger partial charge in [0.15, 0.2) is 0 Å². The third kappa shape index (κ3) is 3.28. The summed E-state index contributed by atoms with van der Waals surface area (Å²) >= 11 is 7.53. The van der Waals surface area contributed by atoms with Crippen molar-refractivity contribution in [1.82, 2.24) is 9.66 Å². The first-order valence-corrected chi connectivity index (χ1v) is 8.31. The molecule has 3 aromatic rings. The molecule has 0 fully saturated rings. The zero-order valence-corrected chi connectivity index (χ0v) is 13.9. The molecule has 1 aromatic carbocycles. The SMILES string of the molecule is CCc1cc2c(=O)n(NC(=O)Cc3ccccc3Cl)cnc2s1. The monoisotopic (exact) mass is 347 g/mol. The molecule has 0 atom stereocenters. The smallest absolute Gasteiger partial charge is 0.273 e. The molecule has 0 spiro atoms. The Morgan fingerprint density at radius 3 is 2.91 bits per heavy atom. The van der Waals surface area contributed by atoms with Gasteiger partial charge in [-0.3, -0.25) is 15.0 Å². The van der Waals surface area contributed by atoms with Gasteiger partial charge in [-0.15, -0.1) is 11.3 Å². The summed E-state index contributed by atoms with van der Waals surface area (Å²) in [6.07, 6.45) is 2.28. The van der Waals surface area contributed by atoms with E-state index in [4.69, 9.17) is 11.6 Å². The highest BCUT2D eigenvalue weighted by Crippen LogP contribution is 2.20. The molecule has 1 N–H and O–H groups in total. The van der Waals surface area contributed by atoms with Gasteiger partial charge in [0, 0.05) is 9.90 Å². The molecule has 2 heterocycles. The fourth-order valence-electron chi connectivity index (χ4n) is 2.22. The molecule has 23 heavy (non-hydrogen) atoms. The van der Waals surface area contributed by atoms with E-state index in [-0.39, 0.29) is 17.9 Å². The Kier molecular flexibility index (Phi) is 4.45. The van der Waals surface area contributed by atoms with Gasteiger partial charge in [0.1, 0.15) is 11.2 Å². The van der Waals surface area contributed by atoms with Gasteiger partial charge in [-0.25, -0.2) is 9.66 Å². The molecule has 0 unspecified atom stereocenters. The molecule has 118 valence electrons. The minimum atomic E-state index is -0.327. The third-order valence-corrected chi connectivity index (χ3v) is 4.96. The number of hydrogen-bond acceptors (Lipinski definition) is 4. The lowest BCUT2D eigenvalue weighted by molar-refractivity contribution is -0.116. The van der Waals surface area contributed by atoms with Crippen LogP contribution in [0, 0.1) is 0 Å². The lowest BCUT2D eigenvalue weighted by Gasteiger charge is -2.08. The molecular formula is C16H14ClN3O2S. The van der Waals surface area contributed by atoms with E-state index >= 15 is 0 Å². The number of aromatic nitrogens is 2. The molecule has 0 saturated carbocycles. The third-order valence-electron chi connectivity index (χ3n) is 3.41. The Hall–Kier alpha value is -2.18. The zero-order valence-electron chi connectivity index (χ0n) is 12.4. The number of nitrogens with one attached hydrogen (secondary N) is 1. The van der Waals surface area contributed by atoms with Crippen LogP contribution >= 0.6 is 22.9 Å². The number of benzene rings is 1. The second-order valence-electron chi connectivity index (χ2n) is 5.01. The van der Waals surface area contributed by atoms with Crippen molar-refractivity contribution in [2.45, 2.75) is 19.8 Å². The van der Waals surface area contributed by atoms with Crippen molar-refractivity contribution in [3.05, 3.63) is 62.5 Å². The number of hydrogen-bond donors (Lipinski definition) is 1. The molecule has 0 aliphatic carbocycles. The van der Waals surface area contributed by atoms with Gasteiger partial charge in [0.2, 0.25) is 5.91 Å². The predicted octanol–water partition coefficient (Wildman–Crippen LogP) is 2.99. The number of carbonyl (C=O) groups is 1. The maximum Gasteiger partial charge on any atom is 0.280 e. The highest BCUT2D eigenvalue weighted by Gasteiger charge is 2.11. The van der Waals surface area contributed by atoms with Crippen LogP contribution in [0.15, 0.2) is 41.5 Å². The van der Waals surface area contributed by atoms with Gasteiger partial charge in [-0.2, -0.15) is 0 Å². The van der Waals surface area contributed by atoms with Crippen LogP contribution in [0.25, 0.3) is 10.2 Å². The van der Waals surface area contributed by atoms with Crippen molar-refractivity contribution in [3.63, 3.8) is 0 Å². The predicted molar refractivity (Wildman–Crippen MR) is 92.8 cm³/mol. The highest BCUT2D eigenvalue weighted by molar-refractivity contribution is 7.18. The first-order valence-electron chi connectivity index (χ1n) is 7.12. The molecule has 0 aliphatic rings. The van der Waals surface area contributed by atoms with Gasteiger partial charge in [0.25, 0.3) is 5.56 Å². The molecule has 1 amide bonds. The zero-order chi connectivity index (χ0) is 16.4. The molecule has 0 bridgehead atoms. The second-order valence-corrected chi connectivity index (χ2v) is 6.53. The van der Waals surface area contributed by atoms with Crippen molar-refractivity contribution >= 4 is 39.1 Å². The van der Waals surface area contributed by atoms with Crippen LogP contribution < -0.4 is 11.0 Å². The quantitative estimate of drug-likeness (QED) is 0.789. The number of fused-ring (bicyclic) bond motifs is 1. The van der Waals surface area contributed by atoms with Crippen molar-refractivity contribution in [1.29, 1.82) is 0 Å². The van der Waals surface area contributed by atoms with Crippen molar-refractivity contribution in [2.24, 2.45) is 0 Å². The fraction of sp³-hybridized carbons (Fsp3) is 0.188. The summed E-state index contributed by atoms with van der Waals surface area (Å²) < 4.78 is 1.12. The van der Waals surface area contributed by atoms with E-state index in [2.05, 4.69) is 10.4 Å². The minimum Gasteiger partial charge on any atom is -0.273 e. The summed E-state index contributed by atoms with van der Waals surface area (Å²) in [5.74, 6) is -0.327. The molecule has 0 saturated heterocycles. The molecular weight excluding hydrogens is 334 g/mol. The van der Waals surface area contributed by atoms with Gasteiger partial charge in [-0.05, 0) is 24.1 Å². The van der Waals surface area contributed by atoms with Crippen LogP contribution in [0.1, 0.15) is 17.4 Å². The average Bonchev–Trinajstić information content (AvgIpc) is 2.96. The van der Waals surface area contributed by atoms with E-state index in [0.29, 0.717) is 20.8 Å². The Labute approximate surface area is 141 Å². The molecule has 5 nitrogen and oxygen atoms in total. The highest BCUT2D eigenvalue weighted by atomic mass is 35.5. The fourth-order valence-corrected chi connectivity index (χ4v) is 3.34. The molecule has 2 aromatic heterocycles. The van der Waals surface area contributed by atoms with E-state index in [0.717, 1.165) is 16.0 Å². The Bertz CT molecular complexity index is 932. The molecule has 7 heteroatoms. The summed E-state index contributed by atoms with van der Waals surface area (Å²) in [6.45, 7) is 2.02. The summed E-state index contributed by atoms with van der Waals surface area (Å²) in [6, 6.07) is 8.94. The van der Waals surface area contributed by atoms with Gasteiger partial charge in [0.05, 0.1) is 11.8 Å². The number of rotatable bonds is 4. The van der Waals surface area contributed by atoms with Crippen LogP contribution in [-0.4, -0.2) is 15.6 Å². The van der Waals surface area contributed by atoms with Crippen molar-refractivity contribution < 1.29 is 4.79 Å². The van der Waals surface area contributed by atoms with E-state index in [9.17, 15) is 9.59 Å². The first-order chi connectivity index (χ1) is 11.1. The van der Waals surface area contributed by atoms with Crippen LogP contribution in [0.4, 0.5) is 0 Å². The van der Waals surface area contributed by atoms with Crippen molar-refractivity contribution in [3.8, 4) is 0 Å². The Morgan fingerprint density at radius 1 is 1.39 bits per heavy atom.